The second kappa shape index (κ2) is 8.92. The van der Waals surface area contributed by atoms with Crippen LogP contribution in [0.25, 0.3) is 0 Å². The van der Waals surface area contributed by atoms with Crippen molar-refractivity contribution in [2.24, 2.45) is 4.99 Å². The summed E-state index contributed by atoms with van der Waals surface area (Å²) in [5.41, 5.74) is 5.30. The molecule has 3 rings (SSSR count). The molecule has 0 bridgehead atoms. The van der Waals surface area contributed by atoms with Crippen molar-refractivity contribution < 1.29 is 4.74 Å². The van der Waals surface area contributed by atoms with Crippen LogP contribution in [0, 0.1) is 13.8 Å². The van der Waals surface area contributed by atoms with E-state index in [9.17, 15) is 0 Å². The highest BCUT2D eigenvalue weighted by Crippen LogP contribution is 2.28. The molecule has 0 aliphatic heterocycles. The maximum atomic E-state index is 6.19. The zero-order chi connectivity index (χ0) is 19.4. The number of hydrogen-bond acceptors (Lipinski definition) is 2. The van der Waals surface area contributed by atoms with Crippen LogP contribution in [0.3, 0.4) is 0 Å². The van der Waals surface area contributed by atoms with Crippen LogP contribution in [0.1, 0.15) is 22.3 Å². The first kappa shape index (κ1) is 19.9. The van der Waals surface area contributed by atoms with Gasteiger partial charge < -0.3 is 4.74 Å². The van der Waals surface area contributed by atoms with E-state index in [4.69, 9.17) is 27.9 Å². The Hall–Kier alpha value is -1.81. The highest BCUT2D eigenvalue weighted by molar-refractivity contribution is 9.10. The normalized spacial score (nSPS) is 11.1. The van der Waals surface area contributed by atoms with E-state index >= 15 is 0 Å². The lowest BCUT2D eigenvalue weighted by Crippen LogP contribution is -1.97. The molecular formula is C22H18BrCl2NO. The summed E-state index contributed by atoms with van der Waals surface area (Å²) in [5.74, 6) is 0.740. The minimum absolute atomic E-state index is 0.366. The Morgan fingerprint density at radius 3 is 2.48 bits per heavy atom. The molecule has 5 heteroatoms. The molecule has 0 radical (unpaired) electrons. The molecule has 0 unspecified atom stereocenters. The smallest absolute Gasteiger partial charge is 0.134 e. The molecule has 0 aliphatic rings. The maximum Gasteiger partial charge on any atom is 0.134 e. The first-order valence-corrected chi connectivity index (χ1v) is 9.95. The van der Waals surface area contributed by atoms with Crippen molar-refractivity contribution in [1.29, 1.82) is 0 Å². The van der Waals surface area contributed by atoms with E-state index in [0.717, 1.165) is 27.0 Å². The van der Waals surface area contributed by atoms with E-state index in [1.807, 2.05) is 36.5 Å². The molecule has 138 valence electrons. The molecule has 0 aromatic heterocycles. The quantitative estimate of drug-likeness (QED) is 0.356. The van der Waals surface area contributed by atoms with E-state index in [2.05, 4.69) is 46.9 Å². The average molecular weight is 463 g/mol. The summed E-state index contributed by atoms with van der Waals surface area (Å²) in [6, 6.07) is 17.4. The number of aryl methyl sites for hydroxylation is 2. The van der Waals surface area contributed by atoms with Crippen molar-refractivity contribution in [1.82, 2.24) is 0 Å². The van der Waals surface area contributed by atoms with Crippen molar-refractivity contribution in [2.45, 2.75) is 20.5 Å². The Morgan fingerprint density at radius 1 is 0.963 bits per heavy atom. The van der Waals surface area contributed by atoms with Crippen molar-refractivity contribution >= 4 is 51.0 Å². The van der Waals surface area contributed by atoms with Gasteiger partial charge in [-0.25, -0.2) is 0 Å². The molecule has 0 N–H and O–H groups in total. The summed E-state index contributed by atoms with van der Waals surface area (Å²) in [5, 5.41) is 1.20. The molecule has 0 atom stereocenters. The van der Waals surface area contributed by atoms with E-state index in [-0.39, 0.29) is 0 Å². The van der Waals surface area contributed by atoms with Gasteiger partial charge in [-0.05, 0) is 88.9 Å². The van der Waals surface area contributed by atoms with E-state index in [1.165, 1.54) is 11.1 Å². The minimum atomic E-state index is 0.366. The molecular weight excluding hydrogens is 445 g/mol. The molecule has 0 amide bonds. The van der Waals surface area contributed by atoms with Gasteiger partial charge in [0.2, 0.25) is 0 Å². The summed E-state index contributed by atoms with van der Waals surface area (Å²) >= 11 is 15.7. The van der Waals surface area contributed by atoms with Gasteiger partial charge in [0.15, 0.2) is 0 Å². The summed E-state index contributed by atoms with van der Waals surface area (Å²) in [7, 11) is 0. The molecule has 0 saturated heterocycles. The standard InChI is InChI=1S/C22H18BrCl2NO/c1-14-3-7-19(9-15(14)2)26-12-16-4-8-22(20(23)10-16)27-13-17-5-6-18(24)11-21(17)25/h3-12H,13H2,1-2H3. The summed E-state index contributed by atoms with van der Waals surface area (Å²) in [6.07, 6.45) is 1.84. The second-order valence-corrected chi connectivity index (χ2v) is 7.94. The zero-order valence-corrected chi connectivity index (χ0v) is 18.1. The highest BCUT2D eigenvalue weighted by atomic mass is 79.9. The van der Waals surface area contributed by atoms with Crippen LogP contribution in [0.2, 0.25) is 10.0 Å². The summed E-state index contributed by atoms with van der Waals surface area (Å²) < 4.78 is 6.73. The van der Waals surface area contributed by atoms with Crippen molar-refractivity contribution in [3.8, 4) is 5.75 Å². The Morgan fingerprint density at radius 2 is 1.78 bits per heavy atom. The van der Waals surface area contributed by atoms with Crippen molar-refractivity contribution in [2.75, 3.05) is 0 Å². The number of halogens is 3. The van der Waals surface area contributed by atoms with Gasteiger partial charge in [-0.15, -0.1) is 0 Å². The Kier molecular flexibility index (Phi) is 6.59. The van der Waals surface area contributed by atoms with Gasteiger partial charge in [0.25, 0.3) is 0 Å². The van der Waals surface area contributed by atoms with E-state index in [0.29, 0.717) is 16.7 Å². The first-order chi connectivity index (χ1) is 12.9. The highest BCUT2D eigenvalue weighted by Gasteiger charge is 2.06. The lowest BCUT2D eigenvalue weighted by molar-refractivity contribution is 0.304. The van der Waals surface area contributed by atoms with Gasteiger partial charge in [0, 0.05) is 21.8 Å². The minimum Gasteiger partial charge on any atom is -0.488 e. The molecule has 2 nitrogen and oxygen atoms in total. The molecule has 3 aromatic carbocycles. The van der Waals surface area contributed by atoms with Crippen molar-refractivity contribution in [3.05, 3.63) is 91.4 Å². The zero-order valence-electron chi connectivity index (χ0n) is 15.0. The van der Waals surface area contributed by atoms with Gasteiger partial charge in [-0.3, -0.25) is 4.99 Å². The van der Waals surface area contributed by atoms with Crippen molar-refractivity contribution in [3.63, 3.8) is 0 Å². The van der Waals surface area contributed by atoms with Crippen LogP contribution >= 0.6 is 39.1 Å². The number of benzene rings is 3. The fraction of sp³-hybridized carbons (Fsp3) is 0.136. The molecule has 0 aliphatic carbocycles. The second-order valence-electron chi connectivity index (χ2n) is 6.24. The summed E-state index contributed by atoms with van der Waals surface area (Å²) in [4.78, 5) is 4.55. The van der Waals surface area contributed by atoms with Gasteiger partial charge in [0.1, 0.15) is 12.4 Å². The van der Waals surface area contributed by atoms with Crippen LogP contribution in [0.15, 0.2) is 64.1 Å². The van der Waals surface area contributed by atoms with Gasteiger partial charge >= 0.3 is 0 Å². The van der Waals surface area contributed by atoms with Gasteiger partial charge in [-0.1, -0.05) is 35.3 Å². The van der Waals surface area contributed by atoms with Crippen LogP contribution < -0.4 is 4.74 Å². The third-order valence-electron chi connectivity index (χ3n) is 4.21. The number of rotatable bonds is 5. The van der Waals surface area contributed by atoms with E-state index < -0.39 is 0 Å². The molecule has 0 fully saturated rings. The molecule has 3 aromatic rings. The third-order valence-corrected chi connectivity index (χ3v) is 5.41. The third kappa shape index (κ3) is 5.35. The van der Waals surface area contributed by atoms with Crippen LogP contribution in [-0.2, 0) is 6.61 Å². The largest absolute Gasteiger partial charge is 0.488 e. The monoisotopic (exact) mass is 461 g/mol. The summed E-state index contributed by atoms with van der Waals surface area (Å²) in [6.45, 7) is 4.55. The number of ether oxygens (including phenoxy) is 1. The molecule has 0 heterocycles. The van der Waals surface area contributed by atoms with Gasteiger partial charge in [0.05, 0.1) is 10.2 Å². The number of hydrogen-bond donors (Lipinski definition) is 0. The lowest BCUT2D eigenvalue weighted by atomic mass is 10.1. The topological polar surface area (TPSA) is 21.6 Å². The van der Waals surface area contributed by atoms with Crippen LogP contribution in [-0.4, -0.2) is 6.21 Å². The predicted molar refractivity (Wildman–Crippen MR) is 118 cm³/mol. The molecule has 0 spiro atoms. The molecule has 0 saturated carbocycles. The lowest BCUT2D eigenvalue weighted by Gasteiger charge is -2.10. The first-order valence-electron chi connectivity index (χ1n) is 8.40. The Balaban J connectivity index is 1.69. The fourth-order valence-electron chi connectivity index (χ4n) is 2.46. The van der Waals surface area contributed by atoms with Crippen LogP contribution in [0.5, 0.6) is 5.75 Å². The Labute approximate surface area is 177 Å². The SMILES string of the molecule is Cc1ccc(N=Cc2ccc(OCc3ccc(Cl)cc3Cl)c(Br)c2)cc1C. The van der Waals surface area contributed by atoms with Crippen LogP contribution in [0.4, 0.5) is 5.69 Å². The average Bonchev–Trinajstić information content (AvgIpc) is 2.63. The molecule has 27 heavy (non-hydrogen) atoms. The predicted octanol–water partition coefficient (Wildman–Crippen LogP) is 7.70. The number of nitrogens with zero attached hydrogens (tertiary/aromatic N) is 1. The number of aliphatic imine (C=N–C) groups is 1. The fourth-order valence-corrected chi connectivity index (χ4v) is 3.44. The van der Waals surface area contributed by atoms with E-state index in [1.54, 1.807) is 12.1 Å². The van der Waals surface area contributed by atoms with Gasteiger partial charge in [-0.2, -0.15) is 0 Å². The maximum absolute atomic E-state index is 6.19. The Bertz CT molecular complexity index is 1000.